The Morgan fingerprint density at radius 2 is 1.62 bits per heavy atom. The first-order valence-electron chi connectivity index (χ1n) is 16.7. The van der Waals surface area contributed by atoms with E-state index in [-0.39, 0.29) is 60.8 Å². The lowest BCUT2D eigenvalue weighted by Gasteiger charge is -2.24. The maximum absolute atomic E-state index is 13.5. The standard InChI is InChI=1S/C35H57N5O7/c1-8-28(41)22-40(7)34(46)47-23-25-15-17-27(18-16-25)38-32(44)26(13-12-20-37-33(36)45)21-29(42)31(24(2)3)39-30(43)14-10-9-11-19-35(4,5)6/h15-18,24,26,31H,8-14,19-23H2,1-7H3,(H,38,44)(H,39,43)(H3,36,37,45)/t26-,31+/m0/s1. The minimum absolute atomic E-state index is 0.0130. The van der Waals surface area contributed by atoms with E-state index in [0.29, 0.717) is 36.9 Å². The van der Waals surface area contributed by atoms with Gasteiger partial charge in [0, 0.05) is 44.5 Å². The van der Waals surface area contributed by atoms with Gasteiger partial charge in [-0.2, -0.15) is 0 Å². The van der Waals surface area contributed by atoms with Crippen LogP contribution in [0, 0.1) is 17.3 Å². The number of hydrogen-bond donors (Lipinski definition) is 4. The molecule has 12 heteroatoms. The average molecular weight is 660 g/mol. The molecule has 0 aromatic heterocycles. The molecule has 12 nitrogen and oxygen atoms in total. The van der Waals surface area contributed by atoms with Crippen LogP contribution in [0.5, 0.6) is 0 Å². The fraction of sp³-hybridized carbons (Fsp3) is 0.657. The van der Waals surface area contributed by atoms with Gasteiger partial charge in [-0.15, -0.1) is 0 Å². The van der Waals surface area contributed by atoms with Crippen LogP contribution in [-0.2, 0) is 30.5 Å². The fourth-order valence-electron chi connectivity index (χ4n) is 4.86. The molecule has 1 aromatic carbocycles. The summed E-state index contributed by atoms with van der Waals surface area (Å²) in [5, 5.41) is 8.25. The van der Waals surface area contributed by atoms with E-state index >= 15 is 0 Å². The lowest BCUT2D eigenvalue weighted by Crippen LogP contribution is -2.45. The quantitative estimate of drug-likeness (QED) is 0.129. The van der Waals surface area contributed by atoms with E-state index < -0.39 is 24.1 Å². The number of likely N-dealkylation sites (N-methyl/N-ethyl adjacent to an activating group) is 1. The molecular formula is C35H57N5O7. The van der Waals surface area contributed by atoms with Crippen molar-refractivity contribution in [3.63, 3.8) is 0 Å². The number of nitrogens with zero attached hydrogens (tertiary/aromatic N) is 1. The summed E-state index contributed by atoms with van der Waals surface area (Å²) in [7, 11) is 1.49. The molecule has 0 bridgehead atoms. The molecule has 0 fully saturated rings. The Hall–Kier alpha value is -3.96. The third-order valence-corrected chi connectivity index (χ3v) is 7.71. The molecule has 0 unspecified atom stereocenters. The SMILES string of the molecule is CCC(=O)CN(C)C(=O)OCc1ccc(NC(=O)[C@@H](CCCNC(N)=O)CC(=O)[C@H](NC(=O)CCCCCC(C)(C)C)C(C)C)cc1. The maximum Gasteiger partial charge on any atom is 0.410 e. The van der Waals surface area contributed by atoms with E-state index in [2.05, 4.69) is 36.7 Å². The third kappa shape index (κ3) is 18.1. The van der Waals surface area contributed by atoms with Crippen LogP contribution in [0.3, 0.4) is 0 Å². The number of benzene rings is 1. The minimum Gasteiger partial charge on any atom is -0.445 e. The number of Topliss-reactive ketones (excluding diaryl/α,β-unsaturated/α-hetero) is 2. The van der Waals surface area contributed by atoms with Crippen molar-refractivity contribution in [3.8, 4) is 0 Å². The first kappa shape index (κ1) is 41.1. The summed E-state index contributed by atoms with van der Waals surface area (Å²) in [4.78, 5) is 75.6. The van der Waals surface area contributed by atoms with Crippen molar-refractivity contribution in [2.24, 2.45) is 23.0 Å². The van der Waals surface area contributed by atoms with E-state index in [9.17, 15) is 28.8 Å². The molecule has 2 atom stereocenters. The number of primary amides is 1. The van der Waals surface area contributed by atoms with Gasteiger partial charge in [-0.1, -0.05) is 66.5 Å². The number of carbonyl (C=O) groups is 6. The van der Waals surface area contributed by atoms with Crippen molar-refractivity contribution in [3.05, 3.63) is 29.8 Å². The Morgan fingerprint density at radius 1 is 0.957 bits per heavy atom. The molecule has 0 radical (unpaired) electrons. The van der Waals surface area contributed by atoms with Gasteiger partial charge in [-0.25, -0.2) is 9.59 Å². The van der Waals surface area contributed by atoms with E-state index in [1.165, 1.54) is 11.9 Å². The lowest BCUT2D eigenvalue weighted by atomic mass is 9.89. The predicted molar refractivity (Wildman–Crippen MR) is 182 cm³/mol. The second-order valence-electron chi connectivity index (χ2n) is 13.7. The number of urea groups is 1. The maximum atomic E-state index is 13.5. The number of amides is 5. The summed E-state index contributed by atoms with van der Waals surface area (Å²) in [5.41, 5.74) is 6.59. The number of nitrogens with two attached hydrogens (primary N) is 1. The fourth-order valence-corrected chi connectivity index (χ4v) is 4.86. The molecule has 0 heterocycles. The van der Waals surface area contributed by atoms with Gasteiger partial charge in [-0.3, -0.25) is 19.2 Å². The zero-order valence-electron chi connectivity index (χ0n) is 29.4. The Bertz CT molecular complexity index is 1180. The van der Waals surface area contributed by atoms with Crippen LogP contribution < -0.4 is 21.7 Å². The van der Waals surface area contributed by atoms with Crippen molar-refractivity contribution in [2.45, 2.75) is 112 Å². The molecule has 0 saturated carbocycles. The van der Waals surface area contributed by atoms with Gasteiger partial charge >= 0.3 is 12.1 Å². The van der Waals surface area contributed by atoms with Gasteiger partial charge in [0.1, 0.15) is 6.61 Å². The third-order valence-electron chi connectivity index (χ3n) is 7.71. The molecule has 47 heavy (non-hydrogen) atoms. The number of anilines is 1. The van der Waals surface area contributed by atoms with Crippen LogP contribution in [0.2, 0.25) is 0 Å². The molecule has 1 rings (SSSR count). The normalized spacial score (nSPS) is 12.5. The number of rotatable bonds is 21. The summed E-state index contributed by atoms with van der Waals surface area (Å²) < 4.78 is 5.26. The first-order valence-corrected chi connectivity index (χ1v) is 16.7. The summed E-state index contributed by atoms with van der Waals surface area (Å²) in [6.45, 7) is 12.2. The van der Waals surface area contributed by atoms with Gasteiger partial charge < -0.3 is 31.3 Å². The monoisotopic (exact) mass is 659 g/mol. The van der Waals surface area contributed by atoms with Crippen LogP contribution >= 0.6 is 0 Å². The lowest BCUT2D eigenvalue weighted by molar-refractivity contribution is -0.131. The molecule has 0 aliphatic rings. The van der Waals surface area contributed by atoms with E-state index in [1.807, 2.05) is 13.8 Å². The number of ketones is 2. The molecule has 0 saturated heterocycles. The first-order chi connectivity index (χ1) is 22.0. The second-order valence-corrected chi connectivity index (χ2v) is 13.7. The van der Waals surface area contributed by atoms with E-state index in [0.717, 1.165) is 25.7 Å². The number of carbonyl (C=O) groups excluding carboxylic acids is 6. The van der Waals surface area contributed by atoms with Gasteiger partial charge in [0.05, 0.1) is 12.6 Å². The zero-order chi connectivity index (χ0) is 35.6. The Morgan fingerprint density at radius 3 is 2.19 bits per heavy atom. The molecule has 0 spiro atoms. The number of nitrogens with one attached hydrogen (secondary N) is 3. The molecule has 0 aliphatic carbocycles. The van der Waals surface area contributed by atoms with Crippen LogP contribution in [-0.4, -0.2) is 66.6 Å². The van der Waals surface area contributed by atoms with Gasteiger partial charge in [0.15, 0.2) is 11.6 Å². The number of hydrogen-bond acceptors (Lipinski definition) is 7. The number of unbranched alkanes of at least 4 members (excludes halogenated alkanes) is 2. The van der Waals surface area contributed by atoms with Crippen LogP contribution in [0.4, 0.5) is 15.3 Å². The highest BCUT2D eigenvalue weighted by atomic mass is 16.6. The summed E-state index contributed by atoms with van der Waals surface area (Å²) in [6.07, 6.45) is 4.52. The average Bonchev–Trinajstić information content (AvgIpc) is 2.99. The van der Waals surface area contributed by atoms with Crippen molar-refractivity contribution in [2.75, 3.05) is 25.5 Å². The number of ether oxygens (including phenoxy) is 1. The molecule has 5 N–H and O–H groups in total. The molecular weight excluding hydrogens is 602 g/mol. The van der Waals surface area contributed by atoms with Crippen LogP contribution in [0.25, 0.3) is 0 Å². The summed E-state index contributed by atoms with van der Waals surface area (Å²) >= 11 is 0. The van der Waals surface area contributed by atoms with Crippen LogP contribution in [0.15, 0.2) is 24.3 Å². The van der Waals surface area contributed by atoms with E-state index in [1.54, 1.807) is 31.2 Å². The van der Waals surface area contributed by atoms with Crippen molar-refractivity contribution in [1.82, 2.24) is 15.5 Å². The highest BCUT2D eigenvalue weighted by Crippen LogP contribution is 2.23. The molecule has 5 amide bonds. The molecule has 1 aromatic rings. The van der Waals surface area contributed by atoms with Crippen molar-refractivity contribution >= 4 is 41.2 Å². The summed E-state index contributed by atoms with van der Waals surface area (Å²) in [5.74, 6) is -1.73. The second kappa shape index (κ2) is 21.0. The predicted octanol–water partition coefficient (Wildman–Crippen LogP) is 5.33. The Balaban J connectivity index is 2.83. The Labute approximate surface area is 280 Å². The molecule has 264 valence electrons. The topological polar surface area (TPSA) is 177 Å². The highest BCUT2D eigenvalue weighted by molar-refractivity contribution is 5.97. The highest BCUT2D eigenvalue weighted by Gasteiger charge is 2.29. The zero-order valence-corrected chi connectivity index (χ0v) is 29.4. The summed E-state index contributed by atoms with van der Waals surface area (Å²) in [6, 6.07) is 5.33. The molecule has 0 aliphatic heterocycles. The van der Waals surface area contributed by atoms with Gasteiger partial charge in [-0.05, 0) is 54.7 Å². The smallest absolute Gasteiger partial charge is 0.410 e. The van der Waals surface area contributed by atoms with Gasteiger partial charge in [0.25, 0.3) is 0 Å². The minimum atomic E-state index is -0.725. The largest absolute Gasteiger partial charge is 0.445 e. The van der Waals surface area contributed by atoms with Crippen molar-refractivity contribution < 1.29 is 33.5 Å². The van der Waals surface area contributed by atoms with Gasteiger partial charge in [0.2, 0.25) is 11.8 Å². The van der Waals surface area contributed by atoms with E-state index in [4.69, 9.17) is 10.5 Å². The Kier molecular flexibility index (Phi) is 18.4. The van der Waals surface area contributed by atoms with Crippen LogP contribution in [0.1, 0.15) is 105 Å². The van der Waals surface area contributed by atoms with Crippen molar-refractivity contribution in [1.29, 1.82) is 0 Å².